The molecular weight excluding hydrogens is 232 g/mol. The Morgan fingerprint density at radius 1 is 1.28 bits per heavy atom. The maximum Gasteiger partial charge on any atom is 0.303 e. The van der Waals surface area contributed by atoms with E-state index >= 15 is 0 Å². The first kappa shape index (κ1) is 16.9. The molecule has 0 fully saturated rings. The van der Waals surface area contributed by atoms with Gasteiger partial charge in [-0.15, -0.1) is 0 Å². The van der Waals surface area contributed by atoms with Crippen molar-refractivity contribution in [2.24, 2.45) is 0 Å². The second-order valence-corrected chi connectivity index (χ2v) is 4.80. The standard InChI is InChI=1S/C13H26N2O3/c1-5-8-14-13(18)11(4)15(10(2)3)9-6-7-12(16)17/h10-11H,5-9H2,1-4H3,(H,14,18)(H,16,17). The average Bonchev–Trinajstić information content (AvgIpc) is 2.30. The van der Waals surface area contributed by atoms with Gasteiger partial charge in [-0.1, -0.05) is 6.92 Å². The van der Waals surface area contributed by atoms with Gasteiger partial charge in [0.05, 0.1) is 6.04 Å². The number of nitrogens with zero attached hydrogens (tertiary/aromatic N) is 1. The van der Waals surface area contributed by atoms with Crippen molar-refractivity contribution in [3.63, 3.8) is 0 Å². The van der Waals surface area contributed by atoms with Crippen molar-refractivity contribution in [2.75, 3.05) is 13.1 Å². The van der Waals surface area contributed by atoms with Gasteiger partial charge in [-0.3, -0.25) is 14.5 Å². The molecule has 0 bridgehead atoms. The molecule has 1 unspecified atom stereocenters. The van der Waals surface area contributed by atoms with E-state index in [1.807, 2.05) is 32.6 Å². The lowest BCUT2D eigenvalue weighted by Crippen LogP contribution is -2.48. The van der Waals surface area contributed by atoms with E-state index in [9.17, 15) is 9.59 Å². The monoisotopic (exact) mass is 258 g/mol. The van der Waals surface area contributed by atoms with Crippen LogP contribution in [-0.4, -0.2) is 47.1 Å². The molecule has 0 heterocycles. The zero-order valence-corrected chi connectivity index (χ0v) is 11.9. The first-order chi connectivity index (χ1) is 8.40. The number of amides is 1. The van der Waals surface area contributed by atoms with E-state index in [1.165, 1.54) is 0 Å². The van der Waals surface area contributed by atoms with Gasteiger partial charge < -0.3 is 10.4 Å². The molecule has 18 heavy (non-hydrogen) atoms. The van der Waals surface area contributed by atoms with Crippen LogP contribution in [0.25, 0.3) is 0 Å². The fraction of sp³-hybridized carbons (Fsp3) is 0.846. The van der Waals surface area contributed by atoms with E-state index in [0.29, 0.717) is 19.5 Å². The number of hydrogen-bond donors (Lipinski definition) is 2. The second-order valence-electron chi connectivity index (χ2n) is 4.80. The Hall–Kier alpha value is -1.10. The summed E-state index contributed by atoms with van der Waals surface area (Å²) in [5.41, 5.74) is 0. The summed E-state index contributed by atoms with van der Waals surface area (Å²) in [6.45, 7) is 9.23. The fourth-order valence-corrected chi connectivity index (χ4v) is 1.86. The first-order valence-electron chi connectivity index (χ1n) is 6.65. The van der Waals surface area contributed by atoms with E-state index in [-0.39, 0.29) is 24.4 Å². The number of carboxylic acids is 1. The minimum atomic E-state index is -0.790. The van der Waals surface area contributed by atoms with Gasteiger partial charge in [0.15, 0.2) is 0 Å². The SMILES string of the molecule is CCCNC(=O)C(C)N(CCCC(=O)O)C(C)C. The summed E-state index contributed by atoms with van der Waals surface area (Å²) in [5, 5.41) is 11.5. The summed E-state index contributed by atoms with van der Waals surface area (Å²) in [5.74, 6) is -0.775. The van der Waals surface area contributed by atoms with Crippen LogP contribution in [-0.2, 0) is 9.59 Å². The van der Waals surface area contributed by atoms with E-state index in [2.05, 4.69) is 5.32 Å². The molecule has 2 N–H and O–H groups in total. The predicted molar refractivity (Wildman–Crippen MR) is 71.5 cm³/mol. The van der Waals surface area contributed by atoms with Gasteiger partial charge in [0.25, 0.3) is 0 Å². The molecule has 1 amide bonds. The summed E-state index contributed by atoms with van der Waals surface area (Å²) in [4.78, 5) is 24.4. The van der Waals surface area contributed by atoms with E-state index in [0.717, 1.165) is 6.42 Å². The molecule has 5 heteroatoms. The molecule has 0 saturated carbocycles. The van der Waals surface area contributed by atoms with Crippen molar-refractivity contribution < 1.29 is 14.7 Å². The Morgan fingerprint density at radius 2 is 1.89 bits per heavy atom. The molecule has 0 radical (unpaired) electrons. The lowest BCUT2D eigenvalue weighted by Gasteiger charge is -2.31. The number of nitrogens with one attached hydrogen (secondary N) is 1. The molecule has 0 aromatic heterocycles. The highest BCUT2D eigenvalue weighted by Crippen LogP contribution is 2.08. The molecule has 0 aromatic rings. The van der Waals surface area contributed by atoms with E-state index in [4.69, 9.17) is 5.11 Å². The third-order valence-corrected chi connectivity index (χ3v) is 2.90. The second kappa shape index (κ2) is 8.91. The van der Waals surface area contributed by atoms with Crippen molar-refractivity contribution >= 4 is 11.9 Å². The van der Waals surface area contributed by atoms with Crippen LogP contribution < -0.4 is 5.32 Å². The van der Waals surface area contributed by atoms with Crippen LogP contribution in [0.1, 0.15) is 47.0 Å². The minimum absolute atomic E-state index is 0.0147. The Kier molecular flexibility index (Phi) is 8.37. The van der Waals surface area contributed by atoms with Crippen molar-refractivity contribution in [3.05, 3.63) is 0 Å². The van der Waals surface area contributed by atoms with Crippen LogP contribution in [0.4, 0.5) is 0 Å². The largest absolute Gasteiger partial charge is 0.481 e. The summed E-state index contributed by atoms with van der Waals surface area (Å²) >= 11 is 0. The summed E-state index contributed by atoms with van der Waals surface area (Å²) < 4.78 is 0. The highest BCUT2D eigenvalue weighted by Gasteiger charge is 2.22. The Bertz CT molecular complexity index is 267. The maximum atomic E-state index is 11.9. The van der Waals surface area contributed by atoms with Gasteiger partial charge in [-0.05, 0) is 40.2 Å². The number of aliphatic carboxylic acids is 1. The van der Waals surface area contributed by atoms with Gasteiger partial charge in [0.1, 0.15) is 0 Å². The van der Waals surface area contributed by atoms with Crippen LogP contribution in [0.2, 0.25) is 0 Å². The molecule has 0 spiro atoms. The number of hydrogen-bond acceptors (Lipinski definition) is 3. The van der Waals surface area contributed by atoms with Gasteiger partial charge in [-0.2, -0.15) is 0 Å². The van der Waals surface area contributed by atoms with Gasteiger partial charge in [0, 0.05) is 19.0 Å². The zero-order valence-electron chi connectivity index (χ0n) is 11.9. The lowest BCUT2D eigenvalue weighted by molar-refractivity contribution is -0.137. The Morgan fingerprint density at radius 3 is 2.33 bits per heavy atom. The number of carbonyl (C=O) groups excluding carboxylic acids is 1. The minimum Gasteiger partial charge on any atom is -0.481 e. The van der Waals surface area contributed by atoms with Crippen molar-refractivity contribution in [3.8, 4) is 0 Å². The van der Waals surface area contributed by atoms with Crippen LogP contribution in [0, 0.1) is 0 Å². The summed E-state index contributed by atoms with van der Waals surface area (Å²) in [6, 6.07) is 0.00603. The average molecular weight is 258 g/mol. The van der Waals surface area contributed by atoms with E-state index < -0.39 is 5.97 Å². The summed E-state index contributed by atoms with van der Waals surface area (Å²) in [7, 11) is 0. The number of carbonyl (C=O) groups is 2. The van der Waals surface area contributed by atoms with Gasteiger partial charge in [-0.25, -0.2) is 0 Å². The molecule has 0 aliphatic carbocycles. The number of rotatable bonds is 9. The molecule has 5 nitrogen and oxygen atoms in total. The quantitative estimate of drug-likeness (QED) is 0.657. The van der Waals surface area contributed by atoms with E-state index in [1.54, 1.807) is 0 Å². The summed E-state index contributed by atoms with van der Waals surface area (Å²) in [6.07, 6.45) is 1.63. The van der Waals surface area contributed by atoms with Gasteiger partial charge in [0.2, 0.25) is 5.91 Å². The lowest BCUT2D eigenvalue weighted by atomic mass is 10.1. The van der Waals surface area contributed by atoms with Gasteiger partial charge >= 0.3 is 5.97 Å². The number of carboxylic acid groups (broad SMARTS) is 1. The zero-order chi connectivity index (χ0) is 14.1. The highest BCUT2D eigenvalue weighted by atomic mass is 16.4. The molecule has 0 aliphatic rings. The van der Waals surface area contributed by atoms with Crippen molar-refractivity contribution in [1.82, 2.24) is 10.2 Å². The van der Waals surface area contributed by atoms with Crippen LogP contribution >= 0.6 is 0 Å². The van der Waals surface area contributed by atoms with Crippen molar-refractivity contribution in [2.45, 2.75) is 59.0 Å². The normalized spacial score (nSPS) is 12.8. The molecule has 106 valence electrons. The highest BCUT2D eigenvalue weighted by molar-refractivity contribution is 5.81. The molecule has 0 saturated heterocycles. The topological polar surface area (TPSA) is 69.6 Å². The van der Waals surface area contributed by atoms with Crippen LogP contribution in [0.5, 0.6) is 0 Å². The molecular formula is C13H26N2O3. The van der Waals surface area contributed by atoms with Crippen molar-refractivity contribution in [1.29, 1.82) is 0 Å². The smallest absolute Gasteiger partial charge is 0.303 e. The molecule has 0 aromatic carbocycles. The third-order valence-electron chi connectivity index (χ3n) is 2.90. The first-order valence-corrected chi connectivity index (χ1v) is 6.65. The Labute approximate surface area is 110 Å². The maximum absolute atomic E-state index is 11.9. The molecule has 0 aliphatic heterocycles. The molecule has 1 atom stereocenters. The third kappa shape index (κ3) is 6.59. The Balaban J connectivity index is 4.30. The van der Waals surface area contributed by atoms with Crippen LogP contribution in [0.3, 0.4) is 0 Å². The predicted octanol–water partition coefficient (Wildman–Crippen LogP) is 1.48. The molecule has 0 rings (SSSR count). The fourth-order valence-electron chi connectivity index (χ4n) is 1.86. The van der Waals surface area contributed by atoms with Crippen LogP contribution in [0.15, 0.2) is 0 Å².